The third kappa shape index (κ3) is 4.06. The summed E-state index contributed by atoms with van der Waals surface area (Å²) in [6.45, 7) is 4.61. The lowest BCUT2D eigenvalue weighted by atomic mass is 10.0. The van der Waals surface area contributed by atoms with E-state index in [4.69, 9.17) is 0 Å². The molecule has 7 heteroatoms. The van der Waals surface area contributed by atoms with Gasteiger partial charge in [0.25, 0.3) is 0 Å². The Bertz CT molecular complexity index is 815. The van der Waals surface area contributed by atoms with Crippen molar-refractivity contribution >= 4 is 23.2 Å². The smallest absolute Gasteiger partial charge is 0.321 e. The number of benzene rings is 1. The third-order valence-corrected chi connectivity index (χ3v) is 5.17. The number of thiazole rings is 1. The average molecular weight is 355 g/mol. The van der Waals surface area contributed by atoms with Gasteiger partial charge >= 0.3 is 6.03 Å². The van der Waals surface area contributed by atoms with Crippen molar-refractivity contribution in [2.45, 2.75) is 32.4 Å². The zero-order chi connectivity index (χ0) is 17.7. The van der Waals surface area contributed by atoms with E-state index in [1.807, 2.05) is 49.6 Å². The Kier molecular flexibility index (Phi) is 5.14. The summed E-state index contributed by atoms with van der Waals surface area (Å²) in [7, 11) is 0. The SMILES string of the molecule is CC[C@](C)(NC(=O)Nc1ccnn1Cc1ccccc1)c1nccs1. The Morgan fingerprint density at radius 3 is 2.72 bits per heavy atom. The highest BCUT2D eigenvalue weighted by Crippen LogP contribution is 2.26. The molecule has 0 bridgehead atoms. The van der Waals surface area contributed by atoms with Gasteiger partial charge in [0.1, 0.15) is 10.8 Å². The molecule has 3 aromatic rings. The Morgan fingerprint density at radius 2 is 2.04 bits per heavy atom. The molecule has 2 N–H and O–H groups in total. The van der Waals surface area contributed by atoms with E-state index < -0.39 is 5.54 Å². The predicted molar refractivity (Wildman–Crippen MR) is 99.7 cm³/mol. The van der Waals surface area contributed by atoms with Crippen LogP contribution >= 0.6 is 11.3 Å². The molecule has 1 atom stereocenters. The molecule has 0 aliphatic heterocycles. The second kappa shape index (κ2) is 7.48. The first-order valence-electron chi connectivity index (χ1n) is 8.15. The summed E-state index contributed by atoms with van der Waals surface area (Å²) in [6, 6.07) is 11.5. The molecule has 0 spiro atoms. The van der Waals surface area contributed by atoms with Gasteiger partial charge in [-0.15, -0.1) is 11.3 Å². The molecule has 2 aromatic heterocycles. The standard InChI is InChI=1S/C18H21N5OS/c1-3-18(2,16-19-11-12-25-16)22-17(24)21-15-9-10-20-23(15)13-14-7-5-4-6-8-14/h4-12H,3,13H2,1-2H3,(H2,21,22,24)/t18-/m0/s1. The molecule has 25 heavy (non-hydrogen) atoms. The molecular weight excluding hydrogens is 334 g/mol. The first kappa shape index (κ1) is 17.2. The molecule has 0 saturated heterocycles. The molecule has 0 radical (unpaired) electrons. The van der Waals surface area contributed by atoms with E-state index in [0.717, 1.165) is 17.0 Å². The normalized spacial score (nSPS) is 13.2. The fourth-order valence-electron chi connectivity index (χ4n) is 2.51. The summed E-state index contributed by atoms with van der Waals surface area (Å²) in [5, 5.41) is 13.0. The summed E-state index contributed by atoms with van der Waals surface area (Å²) in [5.74, 6) is 0.652. The fourth-order valence-corrected chi connectivity index (χ4v) is 3.34. The average Bonchev–Trinajstić information content (AvgIpc) is 3.29. The predicted octanol–water partition coefficient (Wildman–Crippen LogP) is 3.83. The molecule has 0 aliphatic rings. The van der Waals surface area contributed by atoms with Crippen LogP contribution in [0.5, 0.6) is 0 Å². The Balaban J connectivity index is 1.69. The monoisotopic (exact) mass is 355 g/mol. The van der Waals surface area contributed by atoms with Gasteiger partial charge in [-0.25, -0.2) is 14.5 Å². The number of rotatable bonds is 6. The van der Waals surface area contributed by atoms with Crippen LogP contribution < -0.4 is 10.6 Å². The first-order valence-corrected chi connectivity index (χ1v) is 9.03. The van der Waals surface area contributed by atoms with E-state index in [1.165, 1.54) is 11.3 Å². The van der Waals surface area contributed by atoms with Crippen LogP contribution in [0.2, 0.25) is 0 Å². The van der Waals surface area contributed by atoms with Gasteiger partial charge < -0.3 is 5.32 Å². The number of nitrogens with zero attached hydrogens (tertiary/aromatic N) is 3. The van der Waals surface area contributed by atoms with Crippen LogP contribution in [0.3, 0.4) is 0 Å². The molecule has 1 aromatic carbocycles. The lowest BCUT2D eigenvalue weighted by molar-refractivity contribution is 0.237. The number of aromatic nitrogens is 3. The number of nitrogens with one attached hydrogen (secondary N) is 2. The van der Waals surface area contributed by atoms with Gasteiger partial charge in [0.2, 0.25) is 0 Å². The third-order valence-electron chi connectivity index (χ3n) is 4.13. The molecule has 130 valence electrons. The van der Waals surface area contributed by atoms with Crippen molar-refractivity contribution in [3.8, 4) is 0 Å². The zero-order valence-corrected chi connectivity index (χ0v) is 15.1. The summed E-state index contributed by atoms with van der Waals surface area (Å²) < 4.78 is 1.77. The Hall–Kier alpha value is -2.67. The maximum absolute atomic E-state index is 12.5. The van der Waals surface area contributed by atoms with Crippen molar-refractivity contribution in [3.63, 3.8) is 0 Å². The Labute approximate surface area is 150 Å². The van der Waals surface area contributed by atoms with Crippen molar-refractivity contribution in [3.05, 3.63) is 64.7 Å². The molecule has 2 heterocycles. The van der Waals surface area contributed by atoms with E-state index in [9.17, 15) is 4.79 Å². The van der Waals surface area contributed by atoms with Gasteiger partial charge in [-0.3, -0.25) is 5.32 Å². The van der Waals surface area contributed by atoms with E-state index in [-0.39, 0.29) is 6.03 Å². The molecule has 0 saturated carbocycles. The number of carbonyl (C=O) groups is 1. The second-order valence-corrected chi connectivity index (χ2v) is 6.86. The number of hydrogen-bond acceptors (Lipinski definition) is 4. The summed E-state index contributed by atoms with van der Waals surface area (Å²) in [4.78, 5) is 16.8. The van der Waals surface area contributed by atoms with Crippen LogP contribution in [0.4, 0.5) is 10.6 Å². The van der Waals surface area contributed by atoms with Crippen LogP contribution in [0.25, 0.3) is 0 Å². The number of anilines is 1. The van der Waals surface area contributed by atoms with E-state index in [0.29, 0.717) is 12.4 Å². The van der Waals surface area contributed by atoms with Crippen LogP contribution in [-0.4, -0.2) is 20.8 Å². The van der Waals surface area contributed by atoms with Gasteiger partial charge in [-0.1, -0.05) is 37.3 Å². The minimum atomic E-state index is -0.497. The molecule has 3 rings (SSSR count). The summed E-state index contributed by atoms with van der Waals surface area (Å²) >= 11 is 1.54. The summed E-state index contributed by atoms with van der Waals surface area (Å²) in [5.41, 5.74) is 0.624. The molecule has 0 unspecified atom stereocenters. The first-order chi connectivity index (χ1) is 12.1. The van der Waals surface area contributed by atoms with Gasteiger partial charge in [0, 0.05) is 17.6 Å². The van der Waals surface area contributed by atoms with Gasteiger partial charge in [0.15, 0.2) is 0 Å². The highest BCUT2D eigenvalue weighted by atomic mass is 32.1. The topological polar surface area (TPSA) is 71.8 Å². The fraction of sp³-hybridized carbons (Fsp3) is 0.278. The number of hydrogen-bond donors (Lipinski definition) is 2. The lowest BCUT2D eigenvalue weighted by Gasteiger charge is -2.27. The van der Waals surface area contributed by atoms with Crippen LogP contribution in [0.15, 0.2) is 54.2 Å². The Morgan fingerprint density at radius 1 is 1.24 bits per heavy atom. The number of carbonyl (C=O) groups excluding carboxylic acids is 1. The highest BCUT2D eigenvalue weighted by molar-refractivity contribution is 7.09. The molecule has 0 aliphatic carbocycles. The number of amides is 2. The van der Waals surface area contributed by atoms with E-state index >= 15 is 0 Å². The highest BCUT2D eigenvalue weighted by Gasteiger charge is 2.29. The van der Waals surface area contributed by atoms with Crippen LogP contribution in [0, 0.1) is 0 Å². The number of urea groups is 1. The van der Waals surface area contributed by atoms with E-state index in [1.54, 1.807) is 23.1 Å². The minimum absolute atomic E-state index is 0.269. The molecular formula is C18H21N5OS. The van der Waals surface area contributed by atoms with E-state index in [2.05, 4.69) is 20.7 Å². The molecule has 6 nitrogen and oxygen atoms in total. The second-order valence-electron chi connectivity index (χ2n) is 5.96. The molecule has 2 amide bonds. The minimum Gasteiger partial charge on any atom is -0.326 e. The maximum atomic E-state index is 12.5. The van der Waals surface area contributed by atoms with Gasteiger partial charge in [-0.05, 0) is 18.9 Å². The van der Waals surface area contributed by atoms with Gasteiger partial charge in [-0.2, -0.15) is 5.10 Å². The maximum Gasteiger partial charge on any atom is 0.321 e. The van der Waals surface area contributed by atoms with Crippen molar-refractivity contribution in [2.75, 3.05) is 5.32 Å². The quantitative estimate of drug-likeness (QED) is 0.706. The van der Waals surface area contributed by atoms with Crippen molar-refractivity contribution in [1.29, 1.82) is 0 Å². The van der Waals surface area contributed by atoms with Crippen LogP contribution in [0.1, 0.15) is 30.8 Å². The van der Waals surface area contributed by atoms with Crippen molar-refractivity contribution < 1.29 is 4.79 Å². The lowest BCUT2D eigenvalue weighted by Crippen LogP contribution is -2.45. The largest absolute Gasteiger partial charge is 0.326 e. The van der Waals surface area contributed by atoms with Crippen LogP contribution in [-0.2, 0) is 12.1 Å². The van der Waals surface area contributed by atoms with Crippen molar-refractivity contribution in [2.24, 2.45) is 0 Å². The van der Waals surface area contributed by atoms with Gasteiger partial charge in [0.05, 0.1) is 18.3 Å². The zero-order valence-electron chi connectivity index (χ0n) is 14.3. The van der Waals surface area contributed by atoms with Crippen molar-refractivity contribution in [1.82, 2.24) is 20.1 Å². The molecule has 0 fully saturated rings. The summed E-state index contributed by atoms with van der Waals surface area (Å²) in [6.07, 6.45) is 4.18.